The first-order valence-electron chi connectivity index (χ1n) is 7.01. The van der Waals surface area contributed by atoms with Crippen molar-refractivity contribution in [3.63, 3.8) is 0 Å². The van der Waals surface area contributed by atoms with Crippen LogP contribution in [0.25, 0.3) is 10.2 Å². The van der Waals surface area contributed by atoms with Gasteiger partial charge in [-0.3, -0.25) is 4.90 Å². The Morgan fingerprint density at radius 2 is 2.10 bits per heavy atom. The molecule has 2 aromatic rings. The zero-order chi connectivity index (χ0) is 13.9. The highest BCUT2D eigenvalue weighted by atomic mass is 32.1. The maximum absolute atomic E-state index is 5.79. The van der Waals surface area contributed by atoms with E-state index in [1.165, 1.54) is 13.1 Å². The summed E-state index contributed by atoms with van der Waals surface area (Å²) >= 11 is 1.67. The molecule has 1 aliphatic heterocycles. The lowest BCUT2D eigenvalue weighted by molar-refractivity contribution is 0.158. The maximum atomic E-state index is 5.79. The number of nitrogens with zero attached hydrogens (tertiary/aromatic N) is 3. The lowest BCUT2D eigenvalue weighted by atomic mass is 10.3. The van der Waals surface area contributed by atoms with Crippen LogP contribution in [0.15, 0.2) is 18.2 Å². The van der Waals surface area contributed by atoms with Crippen LogP contribution in [0.3, 0.4) is 0 Å². The van der Waals surface area contributed by atoms with Gasteiger partial charge < -0.3 is 16.0 Å². The van der Waals surface area contributed by atoms with E-state index >= 15 is 0 Å². The number of hydrogen-bond acceptors (Lipinski definition) is 6. The second-order valence-corrected chi connectivity index (χ2v) is 6.35. The molecular formula is C14H21N5S. The molecule has 1 aromatic carbocycles. The molecule has 0 unspecified atom stereocenters. The molecule has 0 radical (unpaired) electrons. The first kappa shape index (κ1) is 13.6. The van der Waals surface area contributed by atoms with E-state index in [1.54, 1.807) is 11.3 Å². The Morgan fingerprint density at radius 3 is 2.90 bits per heavy atom. The standard InChI is InChI=1S/C14H21N5S/c1-18-6-8-19(9-7-18)5-4-16-14-17-12-3-2-11(15)10-13(12)20-14/h2-3,10H,4-9,15H2,1H3,(H,16,17). The lowest BCUT2D eigenvalue weighted by Crippen LogP contribution is -2.45. The van der Waals surface area contributed by atoms with Gasteiger partial charge in [0.15, 0.2) is 5.13 Å². The lowest BCUT2D eigenvalue weighted by Gasteiger charge is -2.32. The van der Waals surface area contributed by atoms with E-state index in [0.717, 1.165) is 47.2 Å². The van der Waals surface area contributed by atoms with E-state index in [-0.39, 0.29) is 0 Å². The molecular weight excluding hydrogens is 270 g/mol. The average Bonchev–Trinajstić information content (AvgIpc) is 2.83. The second kappa shape index (κ2) is 5.95. The number of nitrogens with one attached hydrogen (secondary N) is 1. The van der Waals surface area contributed by atoms with E-state index in [1.807, 2.05) is 18.2 Å². The number of piperazine rings is 1. The maximum Gasteiger partial charge on any atom is 0.183 e. The third-order valence-corrected chi connectivity index (χ3v) is 4.69. The fraction of sp³-hybridized carbons (Fsp3) is 0.500. The highest BCUT2D eigenvalue weighted by molar-refractivity contribution is 7.22. The van der Waals surface area contributed by atoms with Crippen LogP contribution < -0.4 is 11.1 Å². The Labute approximate surface area is 123 Å². The van der Waals surface area contributed by atoms with Gasteiger partial charge in [0.1, 0.15) is 0 Å². The van der Waals surface area contributed by atoms with Gasteiger partial charge in [-0.25, -0.2) is 4.98 Å². The largest absolute Gasteiger partial charge is 0.399 e. The summed E-state index contributed by atoms with van der Waals surface area (Å²) in [6.45, 7) is 6.68. The zero-order valence-corrected chi connectivity index (χ0v) is 12.6. The highest BCUT2D eigenvalue weighted by Gasteiger charge is 2.13. The van der Waals surface area contributed by atoms with Gasteiger partial charge in [-0.2, -0.15) is 0 Å². The molecule has 20 heavy (non-hydrogen) atoms. The number of aromatic nitrogens is 1. The summed E-state index contributed by atoms with van der Waals surface area (Å²) < 4.78 is 1.15. The number of fused-ring (bicyclic) bond motifs is 1. The fourth-order valence-electron chi connectivity index (χ4n) is 2.41. The second-order valence-electron chi connectivity index (χ2n) is 5.32. The smallest absolute Gasteiger partial charge is 0.183 e. The summed E-state index contributed by atoms with van der Waals surface area (Å²) in [6.07, 6.45) is 0. The van der Waals surface area contributed by atoms with Crippen LogP contribution in [0.2, 0.25) is 0 Å². The van der Waals surface area contributed by atoms with Crippen molar-refractivity contribution in [3.05, 3.63) is 18.2 Å². The number of nitrogens with two attached hydrogens (primary N) is 1. The van der Waals surface area contributed by atoms with Gasteiger partial charge in [0, 0.05) is 45.0 Å². The molecule has 0 saturated carbocycles. The van der Waals surface area contributed by atoms with Crippen molar-refractivity contribution >= 4 is 32.4 Å². The summed E-state index contributed by atoms with van der Waals surface area (Å²) in [5.74, 6) is 0. The SMILES string of the molecule is CN1CCN(CCNc2nc3ccc(N)cc3s2)CC1. The Hall–Kier alpha value is -1.37. The topological polar surface area (TPSA) is 57.4 Å². The monoisotopic (exact) mass is 291 g/mol. The Bertz CT molecular complexity index is 574. The normalized spacial score (nSPS) is 17.6. The number of hydrogen-bond donors (Lipinski definition) is 2. The van der Waals surface area contributed by atoms with Crippen LogP contribution >= 0.6 is 11.3 Å². The quantitative estimate of drug-likeness (QED) is 0.837. The van der Waals surface area contributed by atoms with Crippen LogP contribution in [-0.4, -0.2) is 61.1 Å². The molecule has 1 saturated heterocycles. The number of rotatable bonds is 4. The number of nitrogen functional groups attached to an aromatic ring is 1. The predicted molar refractivity (Wildman–Crippen MR) is 86.5 cm³/mol. The van der Waals surface area contributed by atoms with Gasteiger partial charge >= 0.3 is 0 Å². The molecule has 0 bridgehead atoms. The molecule has 0 aliphatic carbocycles. The minimum atomic E-state index is 0.796. The zero-order valence-electron chi connectivity index (χ0n) is 11.8. The molecule has 6 heteroatoms. The Balaban J connectivity index is 1.52. The molecule has 3 N–H and O–H groups in total. The van der Waals surface area contributed by atoms with Crippen LogP contribution in [0.1, 0.15) is 0 Å². The number of thiazole rings is 1. The van der Waals surface area contributed by atoms with Crippen molar-refractivity contribution in [3.8, 4) is 0 Å². The Morgan fingerprint density at radius 1 is 1.30 bits per heavy atom. The van der Waals surface area contributed by atoms with Crippen LogP contribution in [0, 0.1) is 0 Å². The molecule has 1 fully saturated rings. The van der Waals surface area contributed by atoms with E-state index in [9.17, 15) is 0 Å². The van der Waals surface area contributed by atoms with Gasteiger partial charge in [0.25, 0.3) is 0 Å². The molecule has 3 rings (SSSR count). The minimum absolute atomic E-state index is 0.796. The summed E-state index contributed by atoms with van der Waals surface area (Å²) in [4.78, 5) is 9.45. The highest BCUT2D eigenvalue weighted by Crippen LogP contribution is 2.27. The third kappa shape index (κ3) is 3.20. The number of anilines is 2. The van der Waals surface area contributed by atoms with E-state index in [0.29, 0.717) is 0 Å². The third-order valence-electron chi connectivity index (χ3n) is 3.71. The molecule has 1 aliphatic rings. The van der Waals surface area contributed by atoms with Crippen LogP contribution in [0.5, 0.6) is 0 Å². The van der Waals surface area contributed by atoms with Crippen molar-refractivity contribution in [1.82, 2.24) is 14.8 Å². The van der Waals surface area contributed by atoms with Crippen molar-refractivity contribution in [2.75, 3.05) is 57.4 Å². The molecule has 1 aromatic heterocycles. The van der Waals surface area contributed by atoms with E-state index in [4.69, 9.17) is 5.73 Å². The van der Waals surface area contributed by atoms with Crippen LogP contribution in [0.4, 0.5) is 10.8 Å². The number of benzene rings is 1. The van der Waals surface area contributed by atoms with E-state index < -0.39 is 0 Å². The first-order valence-corrected chi connectivity index (χ1v) is 7.83. The van der Waals surface area contributed by atoms with Gasteiger partial charge in [-0.15, -0.1) is 0 Å². The van der Waals surface area contributed by atoms with Crippen molar-refractivity contribution < 1.29 is 0 Å². The summed E-state index contributed by atoms with van der Waals surface area (Å²) in [7, 11) is 2.18. The van der Waals surface area contributed by atoms with Gasteiger partial charge in [-0.1, -0.05) is 11.3 Å². The molecule has 0 spiro atoms. The molecule has 2 heterocycles. The molecule has 5 nitrogen and oxygen atoms in total. The molecule has 108 valence electrons. The van der Waals surface area contributed by atoms with Crippen molar-refractivity contribution in [2.24, 2.45) is 0 Å². The van der Waals surface area contributed by atoms with E-state index in [2.05, 4.69) is 27.1 Å². The van der Waals surface area contributed by atoms with Crippen LogP contribution in [-0.2, 0) is 0 Å². The molecule has 0 amide bonds. The van der Waals surface area contributed by atoms with Crippen molar-refractivity contribution in [1.29, 1.82) is 0 Å². The number of likely N-dealkylation sites (N-methyl/N-ethyl adjacent to an activating group) is 1. The minimum Gasteiger partial charge on any atom is -0.399 e. The van der Waals surface area contributed by atoms with Gasteiger partial charge in [0.05, 0.1) is 10.2 Å². The summed E-state index contributed by atoms with van der Waals surface area (Å²) in [5, 5.41) is 4.41. The fourth-order valence-corrected chi connectivity index (χ4v) is 3.35. The summed E-state index contributed by atoms with van der Waals surface area (Å²) in [5.41, 5.74) is 7.61. The van der Waals surface area contributed by atoms with Crippen molar-refractivity contribution in [2.45, 2.75) is 0 Å². The Kier molecular flexibility index (Phi) is 4.05. The van der Waals surface area contributed by atoms with Gasteiger partial charge in [-0.05, 0) is 25.2 Å². The van der Waals surface area contributed by atoms with Gasteiger partial charge in [0.2, 0.25) is 0 Å². The average molecular weight is 291 g/mol. The molecule has 0 atom stereocenters. The first-order chi connectivity index (χ1) is 9.70. The summed E-state index contributed by atoms with van der Waals surface area (Å²) in [6, 6.07) is 5.86. The predicted octanol–water partition coefficient (Wildman–Crippen LogP) is 1.54.